The molecule has 3 rings (SSSR count). The first-order valence-corrected chi connectivity index (χ1v) is 8.18. The third-order valence-electron chi connectivity index (χ3n) is 4.20. The molecule has 0 N–H and O–H groups in total. The molecule has 0 spiro atoms. The normalized spacial score (nSPS) is 12.0. The Hall–Kier alpha value is -3.43. The molecule has 142 valence electrons. The molecule has 0 saturated carbocycles. The molecular weight excluding hydrogens is 354 g/mol. The van der Waals surface area contributed by atoms with Crippen LogP contribution in [0.1, 0.15) is 19.4 Å². The van der Waals surface area contributed by atoms with Gasteiger partial charge in [0, 0.05) is 6.07 Å². The van der Waals surface area contributed by atoms with Gasteiger partial charge in [0.25, 0.3) is 5.56 Å². The molecule has 2 heterocycles. The SMILES string of the molecule is CC[C@@H](C(=O)OC)n1cnc2c(nnn2-c2ccc(OC)c(OC)c2)c1=O. The van der Waals surface area contributed by atoms with Gasteiger partial charge in [-0.05, 0) is 18.6 Å². The van der Waals surface area contributed by atoms with Crippen LogP contribution in [0.2, 0.25) is 0 Å². The van der Waals surface area contributed by atoms with E-state index in [9.17, 15) is 9.59 Å². The Kier molecular flexibility index (Phi) is 5.06. The smallest absolute Gasteiger partial charge is 0.329 e. The van der Waals surface area contributed by atoms with Crippen LogP contribution in [0.3, 0.4) is 0 Å². The highest BCUT2D eigenvalue weighted by Crippen LogP contribution is 2.29. The van der Waals surface area contributed by atoms with Crippen LogP contribution in [0.25, 0.3) is 16.9 Å². The van der Waals surface area contributed by atoms with Crippen molar-refractivity contribution in [3.63, 3.8) is 0 Å². The lowest BCUT2D eigenvalue weighted by molar-refractivity contribution is -0.144. The van der Waals surface area contributed by atoms with Crippen molar-refractivity contribution in [2.75, 3.05) is 21.3 Å². The second-order valence-corrected chi connectivity index (χ2v) is 5.62. The lowest BCUT2D eigenvalue weighted by atomic mass is 10.2. The van der Waals surface area contributed by atoms with Gasteiger partial charge in [-0.3, -0.25) is 9.36 Å². The number of aromatic nitrogens is 5. The summed E-state index contributed by atoms with van der Waals surface area (Å²) in [7, 11) is 4.34. The second-order valence-electron chi connectivity index (χ2n) is 5.62. The van der Waals surface area contributed by atoms with Gasteiger partial charge in [-0.2, -0.15) is 4.68 Å². The lowest BCUT2D eigenvalue weighted by Gasteiger charge is -2.14. The molecule has 1 atom stereocenters. The van der Waals surface area contributed by atoms with Gasteiger partial charge in [-0.1, -0.05) is 12.1 Å². The second kappa shape index (κ2) is 7.44. The first-order valence-electron chi connectivity index (χ1n) is 8.18. The Labute approximate surface area is 154 Å². The van der Waals surface area contributed by atoms with Crippen molar-refractivity contribution in [2.45, 2.75) is 19.4 Å². The summed E-state index contributed by atoms with van der Waals surface area (Å²) in [6, 6.07) is 4.38. The number of hydrogen-bond donors (Lipinski definition) is 0. The molecule has 10 heteroatoms. The molecule has 3 aromatic rings. The maximum Gasteiger partial charge on any atom is 0.329 e. The van der Waals surface area contributed by atoms with Crippen molar-refractivity contribution in [3.8, 4) is 17.2 Å². The number of rotatable bonds is 6. The summed E-state index contributed by atoms with van der Waals surface area (Å²) in [5.41, 5.74) is 0.446. The van der Waals surface area contributed by atoms with Gasteiger partial charge in [-0.25, -0.2) is 9.78 Å². The fourth-order valence-corrected chi connectivity index (χ4v) is 2.79. The molecule has 0 aliphatic heterocycles. The summed E-state index contributed by atoms with van der Waals surface area (Å²) >= 11 is 0. The van der Waals surface area contributed by atoms with E-state index in [2.05, 4.69) is 15.3 Å². The van der Waals surface area contributed by atoms with Gasteiger partial charge in [0.05, 0.1) is 27.0 Å². The third kappa shape index (κ3) is 3.09. The van der Waals surface area contributed by atoms with E-state index in [4.69, 9.17) is 14.2 Å². The largest absolute Gasteiger partial charge is 0.493 e. The number of carbonyl (C=O) groups is 1. The molecule has 2 aromatic heterocycles. The number of ether oxygens (including phenoxy) is 3. The minimum absolute atomic E-state index is 0.0506. The van der Waals surface area contributed by atoms with Gasteiger partial charge < -0.3 is 14.2 Å². The van der Waals surface area contributed by atoms with Crippen molar-refractivity contribution in [3.05, 3.63) is 34.9 Å². The van der Waals surface area contributed by atoms with Crippen molar-refractivity contribution in [1.29, 1.82) is 0 Å². The number of benzene rings is 1. The minimum atomic E-state index is -0.773. The Morgan fingerprint density at radius 3 is 2.56 bits per heavy atom. The summed E-state index contributed by atoms with van der Waals surface area (Å²) in [4.78, 5) is 29.0. The molecule has 1 aromatic carbocycles. The molecule has 0 aliphatic carbocycles. The van der Waals surface area contributed by atoms with Crippen LogP contribution in [-0.2, 0) is 9.53 Å². The number of carbonyl (C=O) groups excluding carboxylic acids is 1. The highest BCUT2D eigenvalue weighted by atomic mass is 16.5. The summed E-state index contributed by atoms with van der Waals surface area (Å²) in [6.07, 6.45) is 1.68. The molecule has 0 saturated heterocycles. The maximum absolute atomic E-state index is 12.8. The molecule has 0 fully saturated rings. The van der Waals surface area contributed by atoms with Crippen LogP contribution in [0.5, 0.6) is 11.5 Å². The van der Waals surface area contributed by atoms with E-state index in [1.807, 2.05) is 0 Å². The van der Waals surface area contributed by atoms with Crippen LogP contribution in [-0.4, -0.2) is 51.8 Å². The van der Waals surface area contributed by atoms with Crippen LogP contribution >= 0.6 is 0 Å². The monoisotopic (exact) mass is 373 g/mol. The average molecular weight is 373 g/mol. The first kappa shape index (κ1) is 18.4. The number of nitrogens with zero attached hydrogens (tertiary/aromatic N) is 5. The Balaban J connectivity index is 2.13. The zero-order valence-corrected chi connectivity index (χ0v) is 15.4. The maximum atomic E-state index is 12.8. The van der Waals surface area contributed by atoms with E-state index in [1.165, 1.54) is 36.9 Å². The zero-order chi connectivity index (χ0) is 19.6. The molecule has 27 heavy (non-hydrogen) atoms. The van der Waals surface area contributed by atoms with Crippen molar-refractivity contribution >= 4 is 17.1 Å². The van der Waals surface area contributed by atoms with Crippen LogP contribution in [0.4, 0.5) is 0 Å². The van der Waals surface area contributed by atoms with Gasteiger partial charge in [0.2, 0.25) is 0 Å². The van der Waals surface area contributed by atoms with Crippen molar-refractivity contribution < 1.29 is 19.0 Å². The first-order chi connectivity index (χ1) is 13.0. The fourth-order valence-electron chi connectivity index (χ4n) is 2.79. The number of hydrogen-bond acceptors (Lipinski definition) is 8. The van der Waals surface area contributed by atoms with E-state index < -0.39 is 17.6 Å². The summed E-state index contributed by atoms with van der Waals surface area (Å²) in [5, 5.41) is 7.97. The standard InChI is InChI=1S/C17H19N5O5/c1-5-11(17(24)27-4)21-9-18-15-14(16(21)23)19-20-22(15)10-6-7-12(25-2)13(8-10)26-3/h6-9,11H,5H2,1-4H3/t11-/m0/s1. The van der Waals surface area contributed by atoms with Gasteiger partial charge >= 0.3 is 5.97 Å². The molecule has 0 unspecified atom stereocenters. The summed E-state index contributed by atoms with van der Waals surface area (Å²) in [5.74, 6) is 0.543. The van der Waals surface area contributed by atoms with E-state index >= 15 is 0 Å². The molecule has 0 aliphatic rings. The van der Waals surface area contributed by atoms with E-state index in [1.54, 1.807) is 25.1 Å². The Bertz CT molecular complexity index is 1040. The third-order valence-corrected chi connectivity index (χ3v) is 4.20. The topological polar surface area (TPSA) is 110 Å². The van der Waals surface area contributed by atoms with E-state index in [-0.39, 0.29) is 11.2 Å². The molecule has 10 nitrogen and oxygen atoms in total. The fraction of sp³-hybridized carbons (Fsp3) is 0.353. The van der Waals surface area contributed by atoms with Crippen LogP contribution < -0.4 is 15.0 Å². The van der Waals surface area contributed by atoms with Gasteiger partial charge in [-0.15, -0.1) is 5.10 Å². The summed E-state index contributed by atoms with van der Waals surface area (Å²) in [6.45, 7) is 1.78. The molecule has 0 bridgehead atoms. The summed E-state index contributed by atoms with van der Waals surface area (Å²) < 4.78 is 17.9. The number of methoxy groups -OCH3 is 3. The molecule has 0 amide bonds. The Morgan fingerprint density at radius 1 is 1.19 bits per heavy atom. The van der Waals surface area contributed by atoms with Crippen molar-refractivity contribution in [2.24, 2.45) is 0 Å². The van der Waals surface area contributed by atoms with Gasteiger partial charge in [0.15, 0.2) is 22.7 Å². The number of esters is 1. The van der Waals surface area contributed by atoms with Crippen molar-refractivity contribution in [1.82, 2.24) is 24.5 Å². The average Bonchev–Trinajstić information content (AvgIpc) is 3.14. The van der Waals surface area contributed by atoms with Gasteiger partial charge in [0.1, 0.15) is 12.4 Å². The molecular formula is C17H19N5O5. The van der Waals surface area contributed by atoms with E-state index in [0.717, 1.165) is 0 Å². The minimum Gasteiger partial charge on any atom is -0.493 e. The Morgan fingerprint density at radius 2 is 1.93 bits per heavy atom. The lowest BCUT2D eigenvalue weighted by Crippen LogP contribution is -2.30. The van der Waals surface area contributed by atoms with Crippen LogP contribution in [0.15, 0.2) is 29.3 Å². The molecule has 0 radical (unpaired) electrons. The highest BCUT2D eigenvalue weighted by molar-refractivity contribution is 5.75. The zero-order valence-electron chi connectivity index (χ0n) is 15.4. The predicted molar refractivity (Wildman–Crippen MR) is 95.4 cm³/mol. The quantitative estimate of drug-likeness (QED) is 0.591. The predicted octanol–water partition coefficient (Wildman–Crippen LogP) is 1.12. The van der Waals surface area contributed by atoms with E-state index in [0.29, 0.717) is 23.6 Å². The highest BCUT2D eigenvalue weighted by Gasteiger charge is 2.23. The number of fused-ring (bicyclic) bond motifs is 1. The van der Waals surface area contributed by atoms with Crippen LogP contribution in [0, 0.1) is 0 Å².